The summed E-state index contributed by atoms with van der Waals surface area (Å²) in [6, 6.07) is 1.71. The minimum absolute atomic E-state index is 0.162. The van der Waals surface area contributed by atoms with Gasteiger partial charge in [-0.2, -0.15) is 5.10 Å². The van der Waals surface area contributed by atoms with Crippen molar-refractivity contribution in [1.29, 1.82) is 0 Å². The lowest BCUT2D eigenvalue weighted by atomic mass is 9.77. The normalized spacial score (nSPS) is 19.2. The smallest absolute Gasteiger partial charge is 0.230 e. The van der Waals surface area contributed by atoms with Crippen LogP contribution in [0.15, 0.2) is 18.5 Å². The highest BCUT2D eigenvalue weighted by atomic mass is 35.5. The number of fused-ring (bicyclic) bond motifs is 1. The molecule has 0 amide bonds. The summed E-state index contributed by atoms with van der Waals surface area (Å²) in [5.74, 6) is 0.665. The lowest BCUT2D eigenvalue weighted by Gasteiger charge is -2.39. The van der Waals surface area contributed by atoms with Gasteiger partial charge in [-0.15, -0.1) is 0 Å². The van der Waals surface area contributed by atoms with E-state index in [0.29, 0.717) is 27.8 Å². The van der Waals surface area contributed by atoms with Crippen molar-refractivity contribution < 1.29 is 5.11 Å². The van der Waals surface area contributed by atoms with Gasteiger partial charge in [-0.3, -0.25) is 5.10 Å². The predicted octanol–water partition coefficient (Wildman–Crippen LogP) is 3.93. The lowest BCUT2D eigenvalue weighted by molar-refractivity contribution is 0.226. The Morgan fingerprint density at radius 2 is 1.89 bits per heavy atom. The van der Waals surface area contributed by atoms with E-state index in [4.69, 9.17) is 16.6 Å². The Kier molecular flexibility index (Phi) is 3.93. The molecule has 3 aromatic heterocycles. The summed E-state index contributed by atoms with van der Waals surface area (Å²) in [5, 5.41) is 17.2. The highest BCUT2D eigenvalue weighted by molar-refractivity contribution is 6.34. The van der Waals surface area contributed by atoms with Crippen molar-refractivity contribution in [3.05, 3.63) is 23.5 Å². The Balaban J connectivity index is 1.43. The van der Waals surface area contributed by atoms with E-state index in [-0.39, 0.29) is 10.9 Å². The number of aromatic hydroxyl groups is 1. The van der Waals surface area contributed by atoms with Crippen LogP contribution in [0.4, 0.5) is 5.82 Å². The van der Waals surface area contributed by atoms with E-state index in [0.717, 1.165) is 18.9 Å². The van der Waals surface area contributed by atoms with Crippen LogP contribution in [-0.4, -0.2) is 43.3 Å². The van der Waals surface area contributed by atoms with Crippen molar-refractivity contribution in [2.75, 3.05) is 18.0 Å². The van der Waals surface area contributed by atoms with Crippen LogP contribution in [0.25, 0.3) is 22.4 Å². The fourth-order valence-electron chi connectivity index (χ4n) is 4.58. The molecule has 1 aliphatic heterocycles. The van der Waals surface area contributed by atoms with Crippen molar-refractivity contribution in [3.63, 3.8) is 0 Å². The van der Waals surface area contributed by atoms with Crippen LogP contribution in [0.5, 0.6) is 5.88 Å². The van der Waals surface area contributed by atoms with Crippen LogP contribution in [-0.2, 0) is 0 Å². The molecule has 2 aliphatic rings. The first kappa shape index (κ1) is 16.7. The van der Waals surface area contributed by atoms with Gasteiger partial charge in [0.05, 0.1) is 6.20 Å². The second kappa shape index (κ2) is 6.34. The number of halogens is 1. The molecule has 27 heavy (non-hydrogen) atoms. The number of pyridine rings is 1. The quantitative estimate of drug-likeness (QED) is 0.695. The summed E-state index contributed by atoms with van der Waals surface area (Å²) in [5.41, 5.74) is 2.98. The average Bonchev–Trinajstić information content (AvgIpc) is 3.31. The SMILES string of the molecule is Oc1nccc(-c2n[nH]c3nc(N4CCC5(CCCC5)CC4)cnc23)c1Cl. The van der Waals surface area contributed by atoms with E-state index in [1.807, 2.05) is 6.20 Å². The summed E-state index contributed by atoms with van der Waals surface area (Å²) < 4.78 is 0. The molecule has 0 radical (unpaired) electrons. The van der Waals surface area contributed by atoms with Crippen molar-refractivity contribution in [2.24, 2.45) is 5.41 Å². The first-order valence-corrected chi connectivity index (χ1v) is 9.83. The number of rotatable bonds is 2. The molecule has 1 saturated carbocycles. The van der Waals surface area contributed by atoms with Gasteiger partial charge in [0.25, 0.3) is 0 Å². The maximum absolute atomic E-state index is 9.75. The van der Waals surface area contributed by atoms with Crippen LogP contribution < -0.4 is 4.90 Å². The van der Waals surface area contributed by atoms with Gasteiger partial charge in [0, 0.05) is 24.8 Å². The number of hydrogen-bond donors (Lipinski definition) is 2. The monoisotopic (exact) mass is 384 g/mol. The van der Waals surface area contributed by atoms with Crippen LogP contribution in [0.1, 0.15) is 38.5 Å². The predicted molar refractivity (Wildman–Crippen MR) is 104 cm³/mol. The molecule has 8 heteroatoms. The fraction of sp³-hybridized carbons (Fsp3) is 0.474. The summed E-state index contributed by atoms with van der Waals surface area (Å²) in [6.45, 7) is 2.07. The molecule has 0 unspecified atom stereocenters. The molecule has 4 heterocycles. The lowest BCUT2D eigenvalue weighted by Crippen LogP contribution is -2.39. The molecule has 0 bridgehead atoms. The molecule has 140 valence electrons. The zero-order valence-electron chi connectivity index (χ0n) is 15.0. The molecule has 1 spiro atoms. The number of piperidine rings is 1. The Morgan fingerprint density at radius 1 is 1.11 bits per heavy atom. The molecular formula is C19H21ClN6O. The number of hydrogen-bond acceptors (Lipinski definition) is 6. The minimum atomic E-state index is -0.218. The van der Waals surface area contributed by atoms with Gasteiger partial charge in [0.15, 0.2) is 5.65 Å². The number of nitrogens with zero attached hydrogens (tertiary/aromatic N) is 5. The highest BCUT2D eigenvalue weighted by Gasteiger charge is 2.37. The Bertz CT molecular complexity index is 987. The third kappa shape index (κ3) is 2.81. The third-order valence-electron chi connectivity index (χ3n) is 6.20. The minimum Gasteiger partial charge on any atom is -0.492 e. The van der Waals surface area contributed by atoms with Crippen LogP contribution in [0.3, 0.4) is 0 Å². The number of aromatic amines is 1. The molecule has 5 rings (SSSR count). The van der Waals surface area contributed by atoms with Crippen molar-refractivity contribution in [3.8, 4) is 17.1 Å². The summed E-state index contributed by atoms with van der Waals surface area (Å²) in [4.78, 5) is 15.4. The third-order valence-corrected chi connectivity index (χ3v) is 6.57. The molecular weight excluding hydrogens is 364 g/mol. The van der Waals surface area contributed by atoms with Gasteiger partial charge >= 0.3 is 0 Å². The summed E-state index contributed by atoms with van der Waals surface area (Å²) >= 11 is 6.17. The second-order valence-electron chi connectivity index (χ2n) is 7.69. The van der Waals surface area contributed by atoms with Crippen molar-refractivity contribution in [2.45, 2.75) is 38.5 Å². The maximum Gasteiger partial charge on any atom is 0.230 e. The van der Waals surface area contributed by atoms with Gasteiger partial charge in [-0.05, 0) is 37.2 Å². The second-order valence-corrected chi connectivity index (χ2v) is 8.07. The first-order valence-electron chi connectivity index (χ1n) is 9.45. The molecule has 1 saturated heterocycles. The zero-order valence-corrected chi connectivity index (χ0v) is 15.7. The molecule has 0 aromatic carbocycles. The number of H-pyrrole nitrogens is 1. The standard InChI is InChI=1S/C19H21ClN6O/c20-14-12(3-8-21-18(14)27)15-16-17(25-24-15)23-13(11-22-16)26-9-6-19(7-10-26)4-1-2-5-19/h3,8,11H,1-2,4-7,9-10H2,(H,21,27)(H,23,24,25). The van der Waals surface area contributed by atoms with Gasteiger partial charge in [0.1, 0.15) is 22.1 Å². The molecule has 2 fully saturated rings. The number of anilines is 1. The zero-order chi connectivity index (χ0) is 18.4. The number of aromatic nitrogens is 5. The molecule has 1 aliphatic carbocycles. The summed E-state index contributed by atoms with van der Waals surface area (Å²) in [7, 11) is 0. The van der Waals surface area contributed by atoms with E-state index in [1.54, 1.807) is 6.07 Å². The Labute approximate surface area is 161 Å². The highest BCUT2D eigenvalue weighted by Crippen LogP contribution is 2.46. The molecule has 0 atom stereocenters. The molecule has 2 N–H and O–H groups in total. The average molecular weight is 385 g/mol. The van der Waals surface area contributed by atoms with E-state index in [2.05, 4.69) is 25.1 Å². The fourth-order valence-corrected chi connectivity index (χ4v) is 4.79. The Morgan fingerprint density at radius 3 is 2.67 bits per heavy atom. The van der Waals surface area contributed by atoms with Crippen LogP contribution in [0.2, 0.25) is 5.02 Å². The topological polar surface area (TPSA) is 90.8 Å². The van der Waals surface area contributed by atoms with Crippen molar-refractivity contribution >= 4 is 28.6 Å². The van der Waals surface area contributed by atoms with E-state index < -0.39 is 0 Å². The van der Waals surface area contributed by atoms with Crippen molar-refractivity contribution in [1.82, 2.24) is 25.1 Å². The van der Waals surface area contributed by atoms with Crippen LogP contribution >= 0.6 is 11.6 Å². The molecule has 3 aromatic rings. The van der Waals surface area contributed by atoms with Crippen LogP contribution in [0, 0.1) is 5.41 Å². The van der Waals surface area contributed by atoms with Gasteiger partial charge in [-0.1, -0.05) is 24.4 Å². The summed E-state index contributed by atoms with van der Waals surface area (Å²) in [6.07, 6.45) is 11.3. The first-order chi connectivity index (χ1) is 13.2. The van der Waals surface area contributed by atoms with E-state index in [1.165, 1.54) is 44.7 Å². The maximum atomic E-state index is 9.75. The van der Waals surface area contributed by atoms with E-state index >= 15 is 0 Å². The number of nitrogens with one attached hydrogen (secondary N) is 1. The Hall–Kier alpha value is -2.41. The largest absolute Gasteiger partial charge is 0.492 e. The van der Waals surface area contributed by atoms with Gasteiger partial charge < -0.3 is 10.0 Å². The van der Waals surface area contributed by atoms with Gasteiger partial charge in [0.2, 0.25) is 5.88 Å². The van der Waals surface area contributed by atoms with Gasteiger partial charge in [-0.25, -0.2) is 15.0 Å². The molecule has 7 nitrogen and oxygen atoms in total. The van der Waals surface area contributed by atoms with E-state index in [9.17, 15) is 5.11 Å².